The summed E-state index contributed by atoms with van der Waals surface area (Å²) < 4.78 is 0. The van der Waals surface area contributed by atoms with Crippen LogP contribution in [0.4, 0.5) is 0 Å². The number of aliphatic hydroxyl groups excluding tert-OH is 1. The fraction of sp³-hybridized carbons (Fsp3) is 0.400. The number of ketones is 1. The van der Waals surface area contributed by atoms with Gasteiger partial charge in [0.25, 0.3) is 5.91 Å². The van der Waals surface area contributed by atoms with Gasteiger partial charge in [-0.25, -0.2) is 0 Å². The van der Waals surface area contributed by atoms with Crippen LogP contribution in [0.3, 0.4) is 0 Å². The molecule has 0 saturated carbocycles. The first-order chi connectivity index (χ1) is 7.08. The largest absolute Gasteiger partial charge is 0.389 e. The highest BCUT2D eigenvalue weighted by molar-refractivity contribution is 5.99. The second-order valence-corrected chi connectivity index (χ2v) is 3.72. The summed E-state index contributed by atoms with van der Waals surface area (Å²) in [5, 5.41) is 9.05. The van der Waals surface area contributed by atoms with Gasteiger partial charge in [-0.2, -0.15) is 0 Å². The van der Waals surface area contributed by atoms with E-state index in [-0.39, 0.29) is 11.7 Å². The highest BCUT2D eigenvalue weighted by atomic mass is 16.3. The monoisotopic (exact) mass is 208 g/mol. The summed E-state index contributed by atoms with van der Waals surface area (Å²) in [4.78, 5) is 27.0. The van der Waals surface area contributed by atoms with Gasteiger partial charge >= 0.3 is 0 Å². The molecule has 5 heteroatoms. The molecule has 1 fully saturated rings. The summed E-state index contributed by atoms with van der Waals surface area (Å²) in [6.07, 6.45) is 1.11. The van der Waals surface area contributed by atoms with Gasteiger partial charge in [0.05, 0.1) is 6.10 Å². The summed E-state index contributed by atoms with van der Waals surface area (Å²) >= 11 is 0. The van der Waals surface area contributed by atoms with Crippen molar-refractivity contribution in [3.63, 3.8) is 0 Å². The molecule has 1 aliphatic rings. The molecule has 0 radical (unpaired) electrons. The first-order valence-electron chi connectivity index (χ1n) is 4.74. The number of H-pyrrole nitrogens is 1. The van der Waals surface area contributed by atoms with Crippen molar-refractivity contribution in [2.45, 2.75) is 13.0 Å². The van der Waals surface area contributed by atoms with Crippen LogP contribution in [0.25, 0.3) is 0 Å². The number of amides is 1. The second kappa shape index (κ2) is 3.51. The maximum atomic E-state index is 11.7. The Balaban J connectivity index is 2.09. The molecule has 1 aromatic heterocycles. The van der Waals surface area contributed by atoms with E-state index in [1.165, 1.54) is 24.1 Å². The van der Waals surface area contributed by atoms with E-state index in [1.54, 1.807) is 0 Å². The van der Waals surface area contributed by atoms with E-state index in [2.05, 4.69) is 4.98 Å². The number of Topliss-reactive ketones (excluding diaryl/α,β-unsaturated/α-hetero) is 1. The van der Waals surface area contributed by atoms with E-state index in [0.29, 0.717) is 24.3 Å². The van der Waals surface area contributed by atoms with Crippen molar-refractivity contribution in [3.05, 3.63) is 23.5 Å². The number of rotatable bonds is 2. The van der Waals surface area contributed by atoms with Gasteiger partial charge in [-0.05, 0) is 13.0 Å². The average Bonchev–Trinajstić information content (AvgIpc) is 2.60. The third-order valence-electron chi connectivity index (χ3n) is 2.47. The predicted octanol–water partition coefficient (Wildman–Crippen LogP) is 0.0340. The number of nitrogens with one attached hydrogen (secondary N) is 1. The zero-order valence-corrected chi connectivity index (χ0v) is 8.36. The number of aromatic nitrogens is 1. The van der Waals surface area contributed by atoms with Gasteiger partial charge in [0.15, 0.2) is 5.78 Å². The highest BCUT2D eigenvalue weighted by Gasteiger charge is 2.30. The molecule has 1 aliphatic heterocycles. The SMILES string of the molecule is CC(=O)c1c[nH]c(C(=O)N2CC(O)C2)c1. The Morgan fingerprint density at radius 3 is 2.67 bits per heavy atom. The maximum absolute atomic E-state index is 11.7. The van der Waals surface area contributed by atoms with Crippen molar-refractivity contribution in [2.75, 3.05) is 13.1 Å². The van der Waals surface area contributed by atoms with Crippen molar-refractivity contribution in [3.8, 4) is 0 Å². The molecular formula is C10H12N2O3. The summed E-state index contributed by atoms with van der Waals surface area (Å²) in [5.41, 5.74) is 0.895. The van der Waals surface area contributed by atoms with Crippen LogP contribution in [0.1, 0.15) is 27.8 Å². The van der Waals surface area contributed by atoms with Gasteiger partial charge in [-0.3, -0.25) is 9.59 Å². The van der Waals surface area contributed by atoms with Gasteiger partial charge in [-0.15, -0.1) is 0 Å². The lowest BCUT2D eigenvalue weighted by atomic mass is 10.1. The Labute approximate surface area is 86.7 Å². The van der Waals surface area contributed by atoms with E-state index in [0.717, 1.165) is 0 Å². The van der Waals surface area contributed by atoms with E-state index in [4.69, 9.17) is 5.11 Å². The standard InChI is InChI=1S/C10H12N2O3/c1-6(13)7-2-9(11-3-7)10(15)12-4-8(14)5-12/h2-3,8,11,14H,4-5H2,1H3. The average molecular weight is 208 g/mol. The zero-order chi connectivity index (χ0) is 11.0. The second-order valence-electron chi connectivity index (χ2n) is 3.72. The topological polar surface area (TPSA) is 73.4 Å². The Hall–Kier alpha value is -1.62. The van der Waals surface area contributed by atoms with Crippen molar-refractivity contribution >= 4 is 11.7 Å². The highest BCUT2D eigenvalue weighted by Crippen LogP contribution is 2.13. The summed E-state index contributed by atoms with van der Waals surface area (Å²) in [6, 6.07) is 1.54. The normalized spacial score (nSPS) is 16.3. The Morgan fingerprint density at radius 1 is 1.53 bits per heavy atom. The molecule has 1 aromatic rings. The van der Waals surface area contributed by atoms with Gasteiger partial charge in [0, 0.05) is 24.8 Å². The number of aliphatic hydroxyl groups is 1. The maximum Gasteiger partial charge on any atom is 0.270 e. The third-order valence-corrected chi connectivity index (χ3v) is 2.47. The smallest absolute Gasteiger partial charge is 0.270 e. The lowest BCUT2D eigenvalue weighted by Crippen LogP contribution is -2.53. The van der Waals surface area contributed by atoms with Gasteiger partial charge in [0.2, 0.25) is 0 Å². The Kier molecular flexibility index (Phi) is 2.32. The molecule has 2 N–H and O–H groups in total. The van der Waals surface area contributed by atoms with Crippen LogP contribution in [-0.4, -0.2) is 45.9 Å². The third kappa shape index (κ3) is 1.78. The summed E-state index contributed by atoms with van der Waals surface area (Å²) in [5.74, 6) is -0.248. The molecule has 80 valence electrons. The predicted molar refractivity (Wildman–Crippen MR) is 52.7 cm³/mol. The van der Waals surface area contributed by atoms with Gasteiger partial charge < -0.3 is 15.0 Å². The molecule has 2 heterocycles. The lowest BCUT2D eigenvalue weighted by molar-refractivity contribution is 0.00555. The Morgan fingerprint density at radius 2 is 2.20 bits per heavy atom. The summed E-state index contributed by atoms with van der Waals surface area (Å²) in [7, 11) is 0. The molecule has 0 aliphatic carbocycles. The molecule has 15 heavy (non-hydrogen) atoms. The first-order valence-corrected chi connectivity index (χ1v) is 4.74. The number of carbonyl (C=O) groups is 2. The van der Waals surface area contributed by atoms with Crippen LogP contribution in [0.5, 0.6) is 0 Å². The van der Waals surface area contributed by atoms with Crippen molar-refractivity contribution < 1.29 is 14.7 Å². The van der Waals surface area contributed by atoms with Crippen LogP contribution in [0.2, 0.25) is 0 Å². The first kappa shape index (κ1) is 9.92. The number of carbonyl (C=O) groups excluding carboxylic acids is 2. The fourth-order valence-corrected chi connectivity index (χ4v) is 1.51. The Bertz CT molecular complexity index is 405. The number of hydrogen-bond donors (Lipinski definition) is 2. The van der Waals surface area contributed by atoms with E-state index < -0.39 is 6.10 Å². The number of hydrogen-bond acceptors (Lipinski definition) is 3. The minimum Gasteiger partial charge on any atom is -0.389 e. The zero-order valence-electron chi connectivity index (χ0n) is 8.36. The molecule has 0 spiro atoms. The van der Waals surface area contributed by atoms with E-state index >= 15 is 0 Å². The molecule has 0 bridgehead atoms. The quantitative estimate of drug-likeness (QED) is 0.673. The molecule has 1 saturated heterocycles. The molecular weight excluding hydrogens is 196 g/mol. The molecule has 5 nitrogen and oxygen atoms in total. The fourth-order valence-electron chi connectivity index (χ4n) is 1.51. The minimum absolute atomic E-state index is 0.0751. The van der Waals surface area contributed by atoms with Crippen LogP contribution < -0.4 is 0 Å². The molecule has 0 aromatic carbocycles. The van der Waals surface area contributed by atoms with Crippen molar-refractivity contribution in [1.82, 2.24) is 9.88 Å². The van der Waals surface area contributed by atoms with Crippen molar-refractivity contribution in [1.29, 1.82) is 0 Å². The van der Waals surface area contributed by atoms with E-state index in [9.17, 15) is 9.59 Å². The molecule has 0 unspecified atom stereocenters. The number of nitrogens with zero attached hydrogens (tertiary/aromatic N) is 1. The molecule has 0 atom stereocenters. The lowest BCUT2D eigenvalue weighted by Gasteiger charge is -2.35. The van der Waals surface area contributed by atoms with Crippen LogP contribution in [0, 0.1) is 0 Å². The minimum atomic E-state index is -0.406. The van der Waals surface area contributed by atoms with Crippen molar-refractivity contribution in [2.24, 2.45) is 0 Å². The van der Waals surface area contributed by atoms with Crippen LogP contribution >= 0.6 is 0 Å². The van der Waals surface area contributed by atoms with Crippen LogP contribution in [-0.2, 0) is 0 Å². The number of β-amino-alcohol motifs (C(OH)–C–C–N with tert-alkyl or cyclic N) is 1. The van der Waals surface area contributed by atoms with Gasteiger partial charge in [0.1, 0.15) is 5.69 Å². The molecule has 1 amide bonds. The summed E-state index contributed by atoms with van der Waals surface area (Å²) in [6.45, 7) is 2.19. The van der Waals surface area contributed by atoms with E-state index in [1.807, 2.05) is 0 Å². The number of likely N-dealkylation sites (tertiary alicyclic amines) is 1. The van der Waals surface area contributed by atoms with Crippen LogP contribution in [0.15, 0.2) is 12.3 Å². The molecule has 2 rings (SSSR count). The number of aromatic amines is 1. The van der Waals surface area contributed by atoms with Gasteiger partial charge in [-0.1, -0.05) is 0 Å².